The molecule has 8 heteroatoms. The van der Waals surface area contributed by atoms with Crippen molar-refractivity contribution in [3.63, 3.8) is 0 Å². The van der Waals surface area contributed by atoms with Crippen LogP contribution in [-0.4, -0.2) is 28.1 Å². The Morgan fingerprint density at radius 3 is 2.52 bits per heavy atom. The van der Waals surface area contributed by atoms with E-state index in [-0.39, 0.29) is 37.2 Å². The van der Waals surface area contributed by atoms with Gasteiger partial charge >= 0.3 is 0 Å². The van der Waals surface area contributed by atoms with Crippen molar-refractivity contribution in [1.29, 1.82) is 0 Å². The number of nitrogens with one attached hydrogen (secondary N) is 1. The molecule has 1 fully saturated rings. The molecule has 1 aromatic carbocycles. The molecule has 2 atom stereocenters. The van der Waals surface area contributed by atoms with Gasteiger partial charge in [0.1, 0.15) is 11.6 Å². The Morgan fingerprint density at radius 1 is 1.00 bits per heavy atom. The summed E-state index contributed by atoms with van der Waals surface area (Å²) in [6, 6.07) is 12.2. The molecule has 1 saturated carbocycles. The second-order valence-corrected chi connectivity index (χ2v) is 7.41. The first-order chi connectivity index (χ1) is 13.7. The van der Waals surface area contributed by atoms with E-state index in [9.17, 15) is 0 Å². The van der Waals surface area contributed by atoms with Crippen LogP contribution in [0.5, 0.6) is 5.75 Å². The molecule has 0 amide bonds. The second kappa shape index (κ2) is 12.7. The molecule has 2 heterocycles. The summed E-state index contributed by atoms with van der Waals surface area (Å²) in [4.78, 5) is 13.9. The first kappa shape index (κ1) is 27.0. The highest BCUT2D eigenvalue weighted by Crippen LogP contribution is 2.30. The van der Waals surface area contributed by atoms with Crippen molar-refractivity contribution in [2.45, 2.75) is 38.6 Å². The van der Waals surface area contributed by atoms with Gasteiger partial charge in [-0.1, -0.05) is 25.8 Å². The van der Waals surface area contributed by atoms with Crippen LogP contribution < -0.4 is 10.1 Å². The number of nitrogens with zero attached hydrogens (tertiary/aromatic N) is 3. The first-order valence-electron chi connectivity index (χ1n) is 9.94. The van der Waals surface area contributed by atoms with Crippen LogP contribution in [-0.2, 0) is 0 Å². The zero-order chi connectivity index (χ0) is 19.3. The quantitative estimate of drug-likeness (QED) is 0.451. The van der Waals surface area contributed by atoms with Crippen LogP contribution in [0.25, 0.3) is 23.1 Å². The number of hydrogen-bond acceptors (Lipinski definition) is 5. The monoisotopic (exact) mass is 482 g/mol. The standard InChI is InChI=1S/C23H26N4O.3ClH/c1-16-7-3-4-9-20(16)26-23-19-15-18(28-2)11-12-21(19)25-22(27-23)13-10-17-8-5-6-14-24-17;;;/h5-6,8,10-16,20H,3-4,7,9H2,1-2H3,(H,25,26,27);3*1H. The van der Waals surface area contributed by atoms with Gasteiger partial charge in [0.2, 0.25) is 0 Å². The first-order valence-corrected chi connectivity index (χ1v) is 9.94. The fourth-order valence-electron chi connectivity index (χ4n) is 3.78. The van der Waals surface area contributed by atoms with E-state index >= 15 is 0 Å². The van der Waals surface area contributed by atoms with Gasteiger partial charge in [0.25, 0.3) is 0 Å². The van der Waals surface area contributed by atoms with Gasteiger partial charge in [0, 0.05) is 17.6 Å². The van der Waals surface area contributed by atoms with E-state index in [0.717, 1.165) is 28.2 Å². The van der Waals surface area contributed by atoms with Crippen LogP contribution in [0, 0.1) is 5.92 Å². The zero-order valence-electron chi connectivity index (χ0n) is 17.7. The van der Waals surface area contributed by atoms with Crippen LogP contribution in [0.4, 0.5) is 5.82 Å². The Balaban J connectivity index is 0.00000160. The maximum Gasteiger partial charge on any atom is 0.155 e. The van der Waals surface area contributed by atoms with Crippen LogP contribution in [0.15, 0.2) is 42.6 Å². The summed E-state index contributed by atoms with van der Waals surface area (Å²) in [5, 5.41) is 4.70. The molecule has 3 aromatic rings. The van der Waals surface area contributed by atoms with Gasteiger partial charge in [-0.25, -0.2) is 9.97 Å². The Labute approximate surface area is 202 Å². The van der Waals surface area contributed by atoms with Crippen molar-refractivity contribution in [2.75, 3.05) is 12.4 Å². The van der Waals surface area contributed by atoms with E-state index in [4.69, 9.17) is 14.7 Å². The highest BCUT2D eigenvalue weighted by atomic mass is 35.5. The fraction of sp³-hybridized carbons (Fsp3) is 0.348. The van der Waals surface area contributed by atoms with E-state index in [1.54, 1.807) is 13.3 Å². The Hall–Kier alpha value is -2.08. The second-order valence-electron chi connectivity index (χ2n) is 7.41. The molecule has 1 aliphatic rings. The maximum atomic E-state index is 5.42. The van der Waals surface area contributed by atoms with Crippen molar-refractivity contribution >= 4 is 66.1 Å². The summed E-state index contributed by atoms with van der Waals surface area (Å²) in [5.41, 5.74) is 1.79. The molecule has 2 aromatic heterocycles. The van der Waals surface area contributed by atoms with Gasteiger partial charge in [0.05, 0.1) is 18.3 Å². The van der Waals surface area contributed by atoms with E-state index in [1.807, 2.05) is 48.6 Å². The summed E-state index contributed by atoms with van der Waals surface area (Å²) in [6.07, 6.45) is 10.7. The summed E-state index contributed by atoms with van der Waals surface area (Å²) < 4.78 is 5.42. The summed E-state index contributed by atoms with van der Waals surface area (Å²) in [5.74, 6) is 3.00. The summed E-state index contributed by atoms with van der Waals surface area (Å²) in [6.45, 7) is 2.32. The molecule has 4 rings (SSSR count). The largest absolute Gasteiger partial charge is 0.497 e. The number of fused-ring (bicyclic) bond motifs is 1. The van der Waals surface area contributed by atoms with Crippen molar-refractivity contribution < 1.29 is 4.74 Å². The molecule has 2 unspecified atom stereocenters. The van der Waals surface area contributed by atoms with E-state index < -0.39 is 0 Å². The number of rotatable bonds is 5. The molecule has 0 aliphatic heterocycles. The normalized spacial score (nSPS) is 17.9. The van der Waals surface area contributed by atoms with Crippen molar-refractivity contribution in [2.24, 2.45) is 5.92 Å². The minimum Gasteiger partial charge on any atom is -0.497 e. The van der Waals surface area contributed by atoms with Gasteiger partial charge in [-0.2, -0.15) is 0 Å². The number of hydrogen-bond donors (Lipinski definition) is 1. The predicted molar refractivity (Wildman–Crippen MR) is 136 cm³/mol. The molecule has 1 N–H and O–H groups in total. The molecule has 0 bridgehead atoms. The highest BCUT2D eigenvalue weighted by molar-refractivity contribution is 5.91. The lowest BCUT2D eigenvalue weighted by atomic mass is 9.86. The van der Waals surface area contributed by atoms with Gasteiger partial charge in [-0.3, -0.25) is 4.98 Å². The third-order valence-electron chi connectivity index (χ3n) is 5.44. The van der Waals surface area contributed by atoms with Crippen molar-refractivity contribution in [3.8, 4) is 5.75 Å². The van der Waals surface area contributed by atoms with Crippen LogP contribution in [0.2, 0.25) is 0 Å². The molecule has 31 heavy (non-hydrogen) atoms. The van der Waals surface area contributed by atoms with Crippen LogP contribution >= 0.6 is 37.2 Å². The number of ether oxygens (including phenoxy) is 1. The summed E-state index contributed by atoms with van der Waals surface area (Å²) in [7, 11) is 1.68. The molecular formula is C23H29Cl3N4O. The minimum atomic E-state index is 0. The molecule has 5 nitrogen and oxygen atoms in total. The Morgan fingerprint density at radius 2 is 1.81 bits per heavy atom. The third-order valence-corrected chi connectivity index (χ3v) is 5.44. The molecule has 0 saturated heterocycles. The van der Waals surface area contributed by atoms with E-state index in [0.29, 0.717) is 17.8 Å². The van der Waals surface area contributed by atoms with Crippen molar-refractivity contribution in [1.82, 2.24) is 15.0 Å². The Kier molecular flexibility index (Phi) is 11.0. The third kappa shape index (κ3) is 6.70. The molecule has 168 valence electrons. The smallest absolute Gasteiger partial charge is 0.155 e. The summed E-state index contributed by atoms with van der Waals surface area (Å²) >= 11 is 0. The van der Waals surface area contributed by atoms with Gasteiger partial charge in [-0.05, 0) is 61.2 Å². The van der Waals surface area contributed by atoms with Crippen LogP contribution in [0.1, 0.15) is 44.1 Å². The van der Waals surface area contributed by atoms with Crippen LogP contribution in [0.3, 0.4) is 0 Å². The molecular weight excluding hydrogens is 455 g/mol. The molecule has 0 radical (unpaired) electrons. The lowest BCUT2D eigenvalue weighted by Gasteiger charge is -2.30. The Bertz CT molecular complexity index is 985. The lowest BCUT2D eigenvalue weighted by molar-refractivity contribution is 0.349. The number of pyridine rings is 1. The SMILES string of the molecule is COc1ccc2nc(C=Cc3ccccn3)nc(NC3CCCCC3C)c2c1.Cl.Cl.Cl. The zero-order valence-corrected chi connectivity index (χ0v) is 20.1. The lowest BCUT2D eigenvalue weighted by Crippen LogP contribution is -2.30. The molecule has 0 spiro atoms. The predicted octanol–water partition coefficient (Wildman–Crippen LogP) is 6.46. The van der Waals surface area contributed by atoms with E-state index in [1.165, 1.54) is 25.7 Å². The minimum absolute atomic E-state index is 0. The number of anilines is 1. The highest BCUT2D eigenvalue weighted by Gasteiger charge is 2.22. The average Bonchev–Trinajstić information content (AvgIpc) is 2.74. The van der Waals surface area contributed by atoms with Crippen molar-refractivity contribution in [3.05, 3.63) is 54.1 Å². The average molecular weight is 484 g/mol. The number of aromatic nitrogens is 3. The van der Waals surface area contributed by atoms with E-state index in [2.05, 4.69) is 17.2 Å². The maximum absolute atomic E-state index is 5.42. The topological polar surface area (TPSA) is 59.9 Å². The molecule has 1 aliphatic carbocycles. The fourth-order valence-corrected chi connectivity index (χ4v) is 3.78. The van der Waals surface area contributed by atoms with Gasteiger partial charge in [0.15, 0.2) is 5.82 Å². The van der Waals surface area contributed by atoms with Gasteiger partial charge < -0.3 is 10.1 Å². The van der Waals surface area contributed by atoms with Gasteiger partial charge in [-0.15, -0.1) is 37.2 Å². The number of halogens is 3. The number of benzene rings is 1. The number of methoxy groups -OCH3 is 1.